The highest BCUT2D eigenvalue weighted by atomic mass is 32.2. The molecule has 0 bridgehead atoms. The average Bonchev–Trinajstić information content (AvgIpc) is 3.25. The lowest BCUT2D eigenvalue weighted by molar-refractivity contribution is -0.140. The summed E-state index contributed by atoms with van der Waals surface area (Å²) in [7, 11) is 0. The van der Waals surface area contributed by atoms with Crippen molar-refractivity contribution in [2.24, 2.45) is 0 Å². The van der Waals surface area contributed by atoms with Crippen LogP contribution in [0.5, 0.6) is 0 Å². The van der Waals surface area contributed by atoms with Gasteiger partial charge in [-0.1, -0.05) is 43.8 Å². The number of carbonyl (C=O) groups is 1. The van der Waals surface area contributed by atoms with Gasteiger partial charge in [0.25, 0.3) is 0 Å². The van der Waals surface area contributed by atoms with Gasteiger partial charge in [-0.3, -0.25) is 14.3 Å². The van der Waals surface area contributed by atoms with Crippen molar-refractivity contribution in [3.8, 4) is 17.1 Å². The third-order valence-corrected chi connectivity index (χ3v) is 6.75. The molecule has 1 aliphatic heterocycles. The molecule has 0 aliphatic carbocycles. The van der Waals surface area contributed by atoms with E-state index in [9.17, 15) is 4.79 Å². The minimum Gasteiger partial charge on any atom is -0.372 e. The van der Waals surface area contributed by atoms with E-state index in [-0.39, 0.29) is 18.1 Å². The van der Waals surface area contributed by atoms with Crippen LogP contribution in [0.4, 0.5) is 0 Å². The molecular weight excluding hydrogens is 434 g/mol. The molecule has 1 aromatic carbocycles. The zero-order chi connectivity index (χ0) is 23.4. The lowest BCUT2D eigenvalue weighted by atomic mass is 10.0. The largest absolute Gasteiger partial charge is 0.372 e. The predicted molar refractivity (Wildman–Crippen MR) is 131 cm³/mol. The summed E-state index contributed by atoms with van der Waals surface area (Å²) >= 11 is 1.44. The lowest BCUT2D eigenvalue weighted by Gasteiger charge is -2.35. The average molecular weight is 466 g/mol. The second kappa shape index (κ2) is 10.5. The van der Waals surface area contributed by atoms with Gasteiger partial charge in [0.15, 0.2) is 11.0 Å². The van der Waals surface area contributed by atoms with Gasteiger partial charge in [-0.15, -0.1) is 10.2 Å². The smallest absolute Gasteiger partial charge is 0.233 e. The number of aryl methyl sites for hydroxylation is 2. The monoisotopic (exact) mass is 465 g/mol. The highest BCUT2D eigenvalue weighted by Crippen LogP contribution is 2.32. The summed E-state index contributed by atoms with van der Waals surface area (Å²) in [5.41, 5.74) is 4.45. The molecule has 0 radical (unpaired) electrons. The van der Waals surface area contributed by atoms with E-state index in [0.29, 0.717) is 24.0 Å². The molecule has 174 valence electrons. The molecule has 4 rings (SSSR count). The highest BCUT2D eigenvalue weighted by molar-refractivity contribution is 7.99. The number of hydrogen-bond acceptors (Lipinski definition) is 6. The van der Waals surface area contributed by atoms with Gasteiger partial charge < -0.3 is 9.64 Å². The van der Waals surface area contributed by atoms with Crippen LogP contribution in [0.2, 0.25) is 0 Å². The SMILES string of the molecule is CCc1cccc(CC)c1-n1c(SCC(=O)N2CC(C)OC(C)C2)nnc1-c1cccnc1. The number of amides is 1. The van der Waals surface area contributed by atoms with Gasteiger partial charge in [0.2, 0.25) is 5.91 Å². The molecule has 1 fully saturated rings. The van der Waals surface area contributed by atoms with Crippen molar-refractivity contribution in [3.05, 3.63) is 53.9 Å². The van der Waals surface area contributed by atoms with Crippen molar-refractivity contribution in [2.75, 3.05) is 18.8 Å². The summed E-state index contributed by atoms with van der Waals surface area (Å²) in [6.45, 7) is 9.57. The Hall–Kier alpha value is -2.71. The third kappa shape index (κ3) is 5.12. The minimum absolute atomic E-state index is 0.0482. The zero-order valence-corrected chi connectivity index (χ0v) is 20.5. The molecule has 0 saturated carbocycles. The van der Waals surface area contributed by atoms with Gasteiger partial charge in [0, 0.05) is 31.0 Å². The molecule has 2 atom stereocenters. The van der Waals surface area contributed by atoms with E-state index < -0.39 is 0 Å². The second-order valence-electron chi connectivity index (χ2n) is 8.36. The first-order valence-corrected chi connectivity index (χ1v) is 12.5. The predicted octanol–water partition coefficient (Wildman–Crippen LogP) is 4.18. The van der Waals surface area contributed by atoms with Crippen molar-refractivity contribution in [1.82, 2.24) is 24.6 Å². The van der Waals surface area contributed by atoms with Gasteiger partial charge in [0.1, 0.15) is 0 Å². The Morgan fingerprint density at radius 3 is 2.36 bits per heavy atom. The van der Waals surface area contributed by atoms with Crippen LogP contribution in [0, 0.1) is 0 Å². The van der Waals surface area contributed by atoms with Gasteiger partial charge in [-0.2, -0.15) is 0 Å². The van der Waals surface area contributed by atoms with Crippen LogP contribution in [-0.4, -0.2) is 61.6 Å². The Kier molecular flexibility index (Phi) is 7.45. The molecule has 1 amide bonds. The fourth-order valence-electron chi connectivity index (χ4n) is 4.35. The topological polar surface area (TPSA) is 73.1 Å². The van der Waals surface area contributed by atoms with Crippen LogP contribution in [0.25, 0.3) is 17.1 Å². The molecular formula is C25H31N5O2S. The van der Waals surface area contributed by atoms with E-state index in [4.69, 9.17) is 4.74 Å². The van der Waals surface area contributed by atoms with Crippen LogP contribution in [0.1, 0.15) is 38.8 Å². The van der Waals surface area contributed by atoms with Crippen LogP contribution < -0.4 is 0 Å². The maximum absolute atomic E-state index is 13.0. The molecule has 0 spiro atoms. The first-order valence-electron chi connectivity index (χ1n) is 11.5. The molecule has 3 heterocycles. The van der Waals surface area contributed by atoms with E-state index in [1.807, 2.05) is 30.9 Å². The molecule has 2 aromatic heterocycles. The molecule has 1 aliphatic rings. The Morgan fingerprint density at radius 2 is 1.76 bits per heavy atom. The number of ether oxygens (including phenoxy) is 1. The van der Waals surface area contributed by atoms with Crippen LogP contribution in [-0.2, 0) is 22.4 Å². The summed E-state index contributed by atoms with van der Waals surface area (Å²) in [4.78, 5) is 19.2. The number of para-hydroxylation sites is 1. The van der Waals surface area contributed by atoms with Gasteiger partial charge in [0.05, 0.1) is 23.6 Å². The minimum atomic E-state index is 0.0482. The number of morpholine rings is 1. The number of pyridine rings is 1. The maximum atomic E-state index is 13.0. The van der Waals surface area contributed by atoms with Crippen molar-refractivity contribution < 1.29 is 9.53 Å². The molecule has 2 unspecified atom stereocenters. The molecule has 8 heteroatoms. The number of nitrogens with zero attached hydrogens (tertiary/aromatic N) is 5. The van der Waals surface area contributed by atoms with Gasteiger partial charge >= 0.3 is 0 Å². The summed E-state index contributed by atoms with van der Waals surface area (Å²) in [6.07, 6.45) is 5.43. The van der Waals surface area contributed by atoms with E-state index in [0.717, 1.165) is 29.9 Å². The Morgan fingerprint density at radius 1 is 1.06 bits per heavy atom. The maximum Gasteiger partial charge on any atom is 0.233 e. The number of thioether (sulfide) groups is 1. The molecule has 7 nitrogen and oxygen atoms in total. The Labute approximate surface area is 199 Å². The molecule has 1 saturated heterocycles. The summed E-state index contributed by atoms with van der Waals surface area (Å²) in [6, 6.07) is 10.3. The summed E-state index contributed by atoms with van der Waals surface area (Å²) < 4.78 is 7.88. The lowest BCUT2D eigenvalue weighted by Crippen LogP contribution is -2.48. The number of hydrogen-bond donors (Lipinski definition) is 0. The Balaban J connectivity index is 1.70. The summed E-state index contributed by atoms with van der Waals surface area (Å²) in [5.74, 6) is 1.14. The van der Waals surface area contributed by atoms with E-state index in [1.165, 1.54) is 22.9 Å². The van der Waals surface area contributed by atoms with Crippen LogP contribution in [0.3, 0.4) is 0 Å². The van der Waals surface area contributed by atoms with Gasteiger partial charge in [-0.05, 0) is 49.9 Å². The van der Waals surface area contributed by atoms with Crippen LogP contribution >= 0.6 is 11.8 Å². The van der Waals surface area contributed by atoms with Crippen molar-refractivity contribution in [3.63, 3.8) is 0 Å². The number of carbonyl (C=O) groups excluding carboxylic acids is 1. The number of benzene rings is 1. The van der Waals surface area contributed by atoms with Gasteiger partial charge in [-0.25, -0.2) is 0 Å². The van der Waals surface area contributed by atoms with E-state index >= 15 is 0 Å². The highest BCUT2D eigenvalue weighted by Gasteiger charge is 2.27. The normalized spacial score (nSPS) is 18.5. The van der Waals surface area contributed by atoms with Crippen molar-refractivity contribution in [1.29, 1.82) is 0 Å². The quantitative estimate of drug-likeness (QED) is 0.488. The number of rotatable bonds is 7. The third-order valence-electron chi connectivity index (χ3n) is 5.84. The van der Waals surface area contributed by atoms with E-state index in [1.54, 1.807) is 12.4 Å². The van der Waals surface area contributed by atoms with Crippen LogP contribution in [0.15, 0.2) is 47.9 Å². The Bertz CT molecular complexity index is 1070. The fraction of sp³-hybridized carbons (Fsp3) is 0.440. The first-order chi connectivity index (χ1) is 16.0. The zero-order valence-electron chi connectivity index (χ0n) is 19.7. The van der Waals surface area contributed by atoms with E-state index in [2.05, 4.69) is 51.8 Å². The number of aromatic nitrogens is 4. The molecule has 33 heavy (non-hydrogen) atoms. The fourth-order valence-corrected chi connectivity index (χ4v) is 5.19. The standard InChI is InChI=1S/C25H31N5O2S/c1-5-19-9-7-10-20(6-2)23(19)30-24(21-11-8-12-26-13-21)27-28-25(30)33-16-22(31)29-14-17(3)32-18(4)15-29/h7-13,17-18H,5-6,14-16H2,1-4H3. The van der Waals surface area contributed by atoms with Crippen molar-refractivity contribution >= 4 is 17.7 Å². The second-order valence-corrected chi connectivity index (χ2v) is 9.30. The molecule has 3 aromatic rings. The van der Waals surface area contributed by atoms with Crippen molar-refractivity contribution in [2.45, 2.75) is 57.9 Å². The molecule has 0 N–H and O–H groups in total. The first kappa shape index (κ1) is 23.4. The summed E-state index contributed by atoms with van der Waals surface area (Å²) in [5, 5.41) is 9.77.